The molecule has 0 saturated carbocycles. The second-order valence-electron chi connectivity index (χ2n) is 6.35. The number of rotatable bonds is 5. The van der Waals surface area contributed by atoms with Gasteiger partial charge in [-0.1, -0.05) is 23.7 Å². The van der Waals surface area contributed by atoms with E-state index in [4.69, 9.17) is 11.6 Å². The van der Waals surface area contributed by atoms with Crippen molar-refractivity contribution in [1.82, 2.24) is 20.8 Å². The minimum absolute atomic E-state index is 0.170. The van der Waals surface area contributed by atoms with E-state index in [1.54, 1.807) is 31.2 Å². The Morgan fingerprint density at radius 1 is 1.28 bits per heavy atom. The lowest BCUT2D eigenvalue weighted by molar-refractivity contribution is -0.121. The minimum atomic E-state index is -0.499. The number of fused-ring (bicyclic) bond motifs is 1. The Bertz CT molecular complexity index is 1140. The molecule has 2 aromatic heterocycles. The standard InChI is InChI=1S/C19H19ClN4O3S2/c1-9-10(2)29-19-15(9)18(27)21-14(22-19)8-28-11(3)16(25)23-24-17(26)12-6-4-5-7-13(12)20/h4-7,11H,8H2,1-3H3,(H,23,25)(H,24,26)(H,21,22,27). The van der Waals surface area contributed by atoms with Crippen molar-refractivity contribution in [3.05, 3.63) is 61.5 Å². The van der Waals surface area contributed by atoms with Crippen molar-refractivity contribution in [2.24, 2.45) is 0 Å². The highest BCUT2D eigenvalue weighted by atomic mass is 35.5. The van der Waals surface area contributed by atoms with E-state index in [1.807, 2.05) is 13.8 Å². The molecule has 2 heterocycles. The molecule has 0 fully saturated rings. The van der Waals surface area contributed by atoms with Crippen LogP contribution in [0.15, 0.2) is 29.1 Å². The first kappa shape index (κ1) is 21.4. The van der Waals surface area contributed by atoms with Crippen LogP contribution in [0.5, 0.6) is 0 Å². The van der Waals surface area contributed by atoms with Gasteiger partial charge in [-0.3, -0.25) is 25.2 Å². The Kier molecular flexibility index (Phi) is 6.61. The summed E-state index contributed by atoms with van der Waals surface area (Å²) < 4.78 is 0. The number of H-pyrrole nitrogens is 1. The fourth-order valence-electron chi connectivity index (χ4n) is 2.58. The maximum Gasteiger partial charge on any atom is 0.271 e. The van der Waals surface area contributed by atoms with Crippen molar-refractivity contribution in [3.8, 4) is 0 Å². The van der Waals surface area contributed by atoms with E-state index in [9.17, 15) is 14.4 Å². The molecule has 0 aliphatic carbocycles. The van der Waals surface area contributed by atoms with Crippen molar-refractivity contribution in [2.75, 3.05) is 0 Å². The Labute approximate surface area is 180 Å². The number of hydrogen-bond donors (Lipinski definition) is 3. The third-order valence-electron chi connectivity index (χ3n) is 4.35. The smallest absolute Gasteiger partial charge is 0.271 e. The predicted molar refractivity (Wildman–Crippen MR) is 118 cm³/mol. The SMILES string of the molecule is Cc1sc2nc(CSC(C)C(=O)NNC(=O)c3ccccc3Cl)[nH]c(=O)c2c1C. The summed E-state index contributed by atoms with van der Waals surface area (Å²) in [7, 11) is 0. The van der Waals surface area contributed by atoms with Gasteiger partial charge < -0.3 is 4.98 Å². The molecule has 0 spiro atoms. The maximum absolute atomic E-state index is 12.3. The molecule has 2 amide bonds. The summed E-state index contributed by atoms with van der Waals surface area (Å²) in [5.74, 6) is -0.00927. The summed E-state index contributed by atoms with van der Waals surface area (Å²) in [6.45, 7) is 5.57. The fraction of sp³-hybridized carbons (Fsp3) is 0.263. The molecule has 29 heavy (non-hydrogen) atoms. The number of aromatic nitrogens is 2. The van der Waals surface area contributed by atoms with Gasteiger partial charge in [-0.2, -0.15) is 0 Å². The number of carbonyl (C=O) groups excluding carboxylic acids is 2. The zero-order valence-electron chi connectivity index (χ0n) is 16.0. The van der Waals surface area contributed by atoms with Gasteiger partial charge in [0, 0.05) is 4.88 Å². The van der Waals surface area contributed by atoms with E-state index in [0.717, 1.165) is 10.4 Å². The van der Waals surface area contributed by atoms with E-state index in [1.165, 1.54) is 23.1 Å². The number of thiophene rings is 1. The molecule has 1 unspecified atom stereocenters. The van der Waals surface area contributed by atoms with Crippen LogP contribution in [0, 0.1) is 13.8 Å². The van der Waals surface area contributed by atoms with Crippen LogP contribution in [0.25, 0.3) is 10.2 Å². The van der Waals surface area contributed by atoms with E-state index >= 15 is 0 Å². The topological polar surface area (TPSA) is 104 Å². The fourth-order valence-corrected chi connectivity index (χ4v) is 4.61. The number of nitrogens with one attached hydrogen (secondary N) is 3. The molecule has 0 aliphatic heterocycles. The molecule has 7 nitrogen and oxygen atoms in total. The predicted octanol–water partition coefficient (Wildman–Crippen LogP) is 3.34. The quantitative estimate of drug-likeness (QED) is 0.517. The largest absolute Gasteiger partial charge is 0.309 e. The monoisotopic (exact) mass is 450 g/mol. The third kappa shape index (κ3) is 4.80. The van der Waals surface area contributed by atoms with Gasteiger partial charge in [0.25, 0.3) is 17.4 Å². The lowest BCUT2D eigenvalue weighted by Crippen LogP contribution is -2.45. The molecule has 3 aromatic rings. The number of nitrogens with zero attached hydrogens (tertiary/aromatic N) is 1. The van der Waals surface area contributed by atoms with Crippen LogP contribution in [0.2, 0.25) is 5.02 Å². The highest BCUT2D eigenvalue weighted by Crippen LogP contribution is 2.26. The molecule has 0 bridgehead atoms. The van der Waals surface area contributed by atoms with Gasteiger partial charge >= 0.3 is 0 Å². The molecule has 3 rings (SSSR count). The molecule has 152 valence electrons. The second kappa shape index (κ2) is 8.98. The summed E-state index contributed by atoms with van der Waals surface area (Å²) >= 11 is 8.75. The van der Waals surface area contributed by atoms with Crippen molar-refractivity contribution in [3.63, 3.8) is 0 Å². The molecular formula is C19H19ClN4O3S2. The highest BCUT2D eigenvalue weighted by Gasteiger charge is 2.17. The molecule has 0 radical (unpaired) electrons. The summed E-state index contributed by atoms with van der Waals surface area (Å²) in [6.07, 6.45) is 0. The Morgan fingerprint density at radius 3 is 2.72 bits per heavy atom. The second-order valence-corrected chi connectivity index (χ2v) is 9.29. The van der Waals surface area contributed by atoms with Gasteiger partial charge in [0.05, 0.1) is 27.0 Å². The van der Waals surface area contributed by atoms with E-state index in [-0.39, 0.29) is 17.0 Å². The van der Waals surface area contributed by atoms with Crippen molar-refractivity contribution < 1.29 is 9.59 Å². The summed E-state index contributed by atoms with van der Waals surface area (Å²) in [5, 5.41) is 0.440. The number of hydrogen-bond acceptors (Lipinski definition) is 6. The number of aryl methyl sites for hydroxylation is 2. The average Bonchev–Trinajstić information content (AvgIpc) is 2.98. The molecule has 0 saturated heterocycles. The number of carbonyl (C=O) groups is 2. The molecule has 10 heteroatoms. The number of thioether (sulfide) groups is 1. The summed E-state index contributed by atoms with van der Waals surface area (Å²) in [4.78, 5) is 45.7. The Hall–Kier alpha value is -2.36. The molecule has 1 aromatic carbocycles. The molecule has 0 aliphatic rings. The normalized spacial score (nSPS) is 12.0. The van der Waals surface area contributed by atoms with Crippen LogP contribution in [-0.2, 0) is 10.5 Å². The van der Waals surface area contributed by atoms with Gasteiger partial charge in [-0.15, -0.1) is 23.1 Å². The Balaban J connectivity index is 1.58. The maximum atomic E-state index is 12.3. The lowest BCUT2D eigenvalue weighted by Gasteiger charge is -2.13. The average molecular weight is 451 g/mol. The van der Waals surface area contributed by atoms with Crippen molar-refractivity contribution >= 4 is 56.7 Å². The first-order chi connectivity index (χ1) is 13.8. The first-order valence-electron chi connectivity index (χ1n) is 8.73. The molecule has 1 atom stereocenters. The number of halogens is 1. The van der Waals surface area contributed by atoms with Crippen LogP contribution >= 0.6 is 34.7 Å². The Morgan fingerprint density at radius 2 is 2.00 bits per heavy atom. The van der Waals surface area contributed by atoms with Crippen LogP contribution < -0.4 is 16.4 Å². The zero-order valence-corrected chi connectivity index (χ0v) is 18.3. The van der Waals surface area contributed by atoms with Gasteiger partial charge in [0.1, 0.15) is 10.7 Å². The third-order valence-corrected chi connectivity index (χ3v) is 6.93. The number of aromatic amines is 1. The number of benzene rings is 1. The van der Waals surface area contributed by atoms with E-state index < -0.39 is 11.2 Å². The highest BCUT2D eigenvalue weighted by molar-refractivity contribution is 7.99. The van der Waals surface area contributed by atoms with Crippen LogP contribution in [0.1, 0.15) is 33.5 Å². The van der Waals surface area contributed by atoms with Crippen LogP contribution in [0.4, 0.5) is 0 Å². The van der Waals surface area contributed by atoms with E-state index in [2.05, 4.69) is 20.8 Å². The van der Waals surface area contributed by atoms with Gasteiger partial charge in [0.2, 0.25) is 0 Å². The van der Waals surface area contributed by atoms with Gasteiger partial charge in [0.15, 0.2) is 0 Å². The summed E-state index contributed by atoms with van der Waals surface area (Å²) in [6, 6.07) is 6.55. The van der Waals surface area contributed by atoms with Crippen LogP contribution in [-0.4, -0.2) is 27.0 Å². The van der Waals surface area contributed by atoms with Gasteiger partial charge in [-0.05, 0) is 38.5 Å². The molecule has 3 N–H and O–H groups in total. The van der Waals surface area contributed by atoms with Crippen LogP contribution in [0.3, 0.4) is 0 Å². The molecular weight excluding hydrogens is 432 g/mol. The zero-order chi connectivity index (χ0) is 21.1. The van der Waals surface area contributed by atoms with Gasteiger partial charge in [-0.25, -0.2) is 4.98 Å². The summed E-state index contributed by atoms with van der Waals surface area (Å²) in [5.41, 5.74) is 5.78. The number of amides is 2. The van der Waals surface area contributed by atoms with Crippen molar-refractivity contribution in [2.45, 2.75) is 31.8 Å². The number of hydrazine groups is 1. The minimum Gasteiger partial charge on any atom is -0.309 e. The lowest BCUT2D eigenvalue weighted by atomic mass is 10.2. The van der Waals surface area contributed by atoms with Crippen molar-refractivity contribution in [1.29, 1.82) is 0 Å². The first-order valence-corrected chi connectivity index (χ1v) is 11.0. The van der Waals surface area contributed by atoms with E-state index in [0.29, 0.717) is 26.8 Å².